The molecule has 0 aliphatic carbocycles. The second kappa shape index (κ2) is 7.89. The minimum atomic E-state index is -3.69. The summed E-state index contributed by atoms with van der Waals surface area (Å²) in [5.41, 5.74) is 1.19. The monoisotopic (exact) mass is 404 g/mol. The Bertz CT molecular complexity index is 1030. The Morgan fingerprint density at radius 2 is 1.85 bits per heavy atom. The molecule has 140 valence electrons. The van der Waals surface area contributed by atoms with Gasteiger partial charge in [0.05, 0.1) is 0 Å². The lowest BCUT2D eigenvalue weighted by Gasteiger charge is -2.21. The number of halogens is 1. The van der Waals surface area contributed by atoms with Crippen LogP contribution in [0, 0.1) is 5.82 Å². The zero-order chi connectivity index (χ0) is 19.4. The molecule has 0 atom stereocenters. The lowest BCUT2D eigenvalue weighted by atomic mass is 10.1. The molecule has 0 saturated heterocycles. The van der Waals surface area contributed by atoms with E-state index in [-0.39, 0.29) is 15.9 Å². The number of anilines is 2. The Balaban J connectivity index is 1.86. The number of nitrogens with one attached hydrogen (secondary N) is 1. The van der Waals surface area contributed by atoms with Crippen LogP contribution in [0.2, 0.25) is 0 Å². The maximum Gasteiger partial charge on any atom is 0.271 e. The Hall–Kier alpha value is -2.71. The molecule has 0 bridgehead atoms. The Morgan fingerprint density at radius 1 is 1.11 bits per heavy atom. The Labute approximate surface area is 161 Å². The van der Waals surface area contributed by atoms with Crippen molar-refractivity contribution >= 4 is 38.6 Å². The van der Waals surface area contributed by atoms with Crippen LogP contribution in [0.25, 0.3) is 0 Å². The summed E-state index contributed by atoms with van der Waals surface area (Å²) in [7, 11) is -3.69. The molecular weight excluding hydrogens is 387 g/mol. The molecule has 0 saturated carbocycles. The van der Waals surface area contributed by atoms with Crippen molar-refractivity contribution < 1.29 is 17.6 Å². The number of carbonyl (C=O) groups is 1. The van der Waals surface area contributed by atoms with Gasteiger partial charge in [-0.25, -0.2) is 12.8 Å². The molecule has 1 aromatic heterocycles. The van der Waals surface area contributed by atoms with E-state index in [4.69, 9.17) is 0 Å². The highest BCUT2D eigenvalue weighted by molar-refractivity contribution is 7.94. The molecule has 0 aliphatic heterocycles. The van der Waals surface area contributed by atoms with Gasteiger partial charge in [-0.15, -0.1) is 11.3 Å². The first kappa shape index (κ1) is 19.1. The zero-order valence-corrected chi connectivity index (χ0v) is 16.1. The van der Waals surface area contributed by atoms with Crippen molar-refractivity contribution in [1.29, 1.82) is 0 Å². The second-order valence-corrected chi connectivity index (χ2v) is 8.50. The summed E-state index contributed by atoms with van der Waals surface area (Å²) in [6.07, 6.45) is 0. The number of thiophene rings is 1. The Kier molecular flexibility index (Phi) is 5.57. The molecule has 0 aliphatic rings. The van der Waals surface area contributed by atoms with Crippen molar-refractivity contribution in [3.63, 3.8) is 0 Å². The molecule has 0 fully saturated rings. The van der Waals surface area contributed by atoms with Crippen molar-refractivity contribution in [2.24, 2.45) is 0 Å². The number of hydrogen-bond donors (Lipinski definition) is 1. The second-order valence-electron chi connectivity index (χ2n) is 5.64. The number of sulfonamides is 1. The number of rotatable bonds is 6. The standard InChI is InChI=1S/C19H17FN2O3S2/c1-2-22(17-10-8-15(20)9-11-17)19(23)14-5-3-6-16(13-14)21-27(24,25)18-7-4-12-26-18/h3-13,21H,2H2,1H3. The van der Waals surface area contributed by atoms with Gasteiger partial charge in [0.1, 0.15) is 10.0 Å². The topological polar surface area (TPSA) is 66.5 Å². The minimum absolute atomic E-state index is 0.195. The molecular formula is C19H17FN2O3S2. The van der Waals surface area contributed by atoms with Gasteiger partial charge in [-0.1, -0.05) is 12.1 Å². The van der Waals surface area contributed by atoms with Crippen LogP contribution in [0.5, 0.6) is 0 Å². The van der Waals surface area contributed by atoms with E-state index in [1.807, 2.05) is 6.92 Å². The fourth-order valence-electron chi connectivity index (χ4n) is 2.56. The number of hydrogen-bond acceptors (Lipinski definition) is 4. The van der Waals surface area contributed by atoms with E-state index >= 15 is 0 Å². The van der Waals surface area contributed by atoms with E-state index in [1.165, 1.54) is 41.3 Å². The fourth-order valence-corrected chi connectivity index (χ4v) is 4.60. The van der Waals surface area contributed by atoms with Crippen molar-refractivity contribution in [2.75, 3.05) is 16.2 Å². The normalized spacial score (nSPS) is 11.2. The molecule has 3 rings (SSSR count). The maximum atomic E-state index is 13.1. The summed E-state index contributed by atoms with van der Waals surface area (Å²) in [6, 6.07) is 15.1. The van der Waals surface area contributed by atoms with Crippen LogP contribution >= 0.6 is 11.3 Å². The fraction of sp³-hybridized carbons (Fsp3) is 0.105. The third-order valence-electron chi connectivity index (χ3n) is 3.82. The number of benzene rings is 2. The van der Waals surface area contributed by atoms with Crippen molar-refractivity contribution in [1.82, 2.24) is 0 Å². The van der Waals surface area contributed by atoms with Gasteiger partial charge in [0.15, 0.2) is 0 Å². The van der Waals surface area contributed by atoms with Gasteiger partial charge in [0.25, 0.3) is 15.9 Å². The first-order valence-electron chi connectivity index (χ1n) is 8.14. The van der Waals surface area contributed by atoms with E-state index < -0.39 is 10.0 Å². The van der Waals surface area contributed by atoms with Gasteiger partial charge < -0.3 is 4.90 Å². The maximum absolute atomic E-state index is 13.1. The van der Waals surface area contributed by atoms with Gasteiger partial charge in [0, 0.05) is 23.5 Å². The third kappa shape index (κ3) is 4.35. The predicted octanol–water partition coefficient (Wildman–Crippen LogP) is 4.35. The van der Waals surface area contributed by atoms with Crippen LogP contribution in [0.3, 0.4) is 0 Å². The van der Waals surface area contributed by atoms with E-state index in [1.54, 1.807) is 29.6 Å². The molecule has 1 N–H and O–H groups in total. The molecule has 8 heteroatoms. The zero-order valence-electron chi connectivity index (χ0n) is 14.4. The first-order valence-corrected chi connectivity index (χ1v) is 10.5. The molecule has 2 aromatic carbocycles. The van der Waals surface area contributed by atoms with Crippen LogP contribution in [0.15, 0.2) is 70.3 Å². The summed E-state index contributed by atoms with van der Waals surface area (Å²) >= 11 is 1.11. The van der Waals surface area contributed by atoms with Gasteiger partial charge >= 0.3 is 0 Å². The van der Waals surface area contributed by atoms with E-state index in [9.17, 15) is 17.6 Å². The molecule has 1 heterocycles. The number of carbonyl (C=O) groups excluding carboxylic acids is 1. The first-order chi connectivity index (χ1) is 12.9. The van der Waals surface area contributed by atoms with Crippen LogP contribution in [-0.4, -0.2) is 20.9 Å². The van der Waals surface area contributed by atoms with Crippen LogP contribution in [-0.2, 0) is 10.0 Å². The molecule has 27 heavy (non-hydrogen) atoms. The van der Waals surface area contributed by atoms with Crippen LogP contribution in [0.4, 0.5) is 15.8 Å². The molecule has 3 aromatic rings. The van der Waals surface area contributed by atoms with Crippen molar-refractivity contribution in [2.45, 2.75) is 11.1 Å². The number of amides is 1. The van der Waals surface area contributed by atoms with Crippen molar-refractivity contribution in [3.05, 3.63) is 77.4 Å². The lowest BCUT2D eigenvalue weighted by Crippen LogP contribution is -2.30. The Morgan fingerprint density at radius 3 is 2.48 bits per heavy atom. The average Bonchev–Trinajstić information content (AvgIpc) is 3.19. The van der Waals surface area contributed by atoms with Gasteiger partial charge in [0.2, 0.25) is 0 Å². The van der Waals surface area contributed by atoms with E-state index in [0.29, 0.717) is 23.5 Å². The highest BCUT2D eigenvalue weighted by Crippen LogP contribution is 2.23. The summed E-state index contributed by atoms with van der Waals surface area (Å²) in [6.45, 7) is 2.19. The smallest absolute Gasteiger partial charge is 0.271 e. The van der Waals surface area contributed by atoms with E-state index in [0.717, 1.165) is 11.3 Å². The molecule has 0 spiro atoms. The average molecular weight is 404 g/mol. The third-order valence-corrected chi connectivity index (χ3v) is 6.60. The highest BCUT2D eigenvalue weighted by atomic mass is 32.2. The highest BCUT2D eigenvalue weighted by Gasteiger charge is 2.19. The largest absolute Gasteiger partial charge is 0.309 e. The molecule has 0 unspecified atom stereocenters. The summed E-state index contributed by atoms with van der Waals surface area (Å²) in [5, 5.41) is 1.68. The lowest BCUT2D eigenvalue weighted by molar-refractivity contribution is 0.0988. The van der Waals surface area contributed by atoms with Gasteiger partial charge in [-0.3, -0.25) is 9.52 Å². The van der Waals surface area contributed by atoms with E-state index in [2.05, 4.69) is 4.72 Å². The molecule has 5 nitrogen and oxygen atoms in total. The van der Waals surface area contributed by atoms with Crippen LogP contribution < -0.4 is 9.62 Å². The SMILES string of the molecule is CCN(C(=O)c1cccc(NS(=O)(=O)c2cccs2)c1)c1ccc(F)cc1. The number of nitrogens with zero attached hydrogens (tertiary/aromatic N) is 1. The van der Waals surface area contributed by atoms with Crippen LogP contribution in [0.1, 0.15) is 17.3 Å². The molecule has 1 amide bonds. The molecule has 0 radical (unpaired) electrons. The summed E-state index contributed by atoms with van der Waals surface area (Å²) < 4.78 is 40.5. The van der Waals surface area contributed by atoms with Gasteiger partial charge in [-0.05, 0) is 60.8 Å². The van der Waals surface area contributed by atoms with Crippen molar-refractivity contribution in [3.8, 4) is 0 Å². The quantitative estimate of drug-likeness (QED) is 0.664. The van der Waals surface area contributed by atoms with Gasteiger partial charge in [-0.2, -0.15) is 0 Å². The summed E-state index contributed by atoms with van der Waals surface area (Å²) in [5.74, 6) is -0.687. The minimum Gasteiger partial charge on any atom is -0.309 e. The summed E-state index contributed by atoms with van der Waals surface area (Å²) in [4.78, 5) is 14.4. The predicted molar refractivity (Wildman–Crippen MR) is 105 cm³/mol.